The molecule has 1 unspecified atom stereocenters. The highest BCUT2D eigenvalue weighted by molar-refractivity contribution is 6.03. The van der Waals surface area contributed by atoms with Gasteiger partial charge in [0.05, 0.1) is 35.6 Å². The SMILES string of the molecule is O=C(Nc1cnn(-c2ccc(C(=O)N3CCCC(c4ccccc4)CC3)cc2)c1)c1ccoc1. The summed E-state index contributed by atoms with van der Waals surface area (Å²) >= 11 is 0. The van der Waals surface area contributed by atoms with Crippen molar-refractivity contribution in [3.8, 4) is 5.69 Å². The maximum Gasteiger partial charge on any atom is 0.259 e. The molecule has 1 aliphatic rings. The fourth-order valence-electron chi connectivity index (χ4n) is 4.42. The van der Waals surface area contributed by atoms with E-state index in [9.17, 15) is 9.59 Å². The van der Waals surface area contributed by atoms with Crippen LogP contribution in [0.15, 0.2) is 90.0 Å². The molecular weight excluding hydrogens is 428 g/mol. The molecule has 0 spiro atoms. The van der Waals surface area contributed by atoms with Gasteiger partial charge in [-0.15, -0.1) is 0 Å². The number of aromatic nitrogens is 2. The third-order valence-electron chi connectivity index (χ3n) is 6.29. The summed E-state index contributed by atoms with van der Waals surface area (Å²) in [6.07, 6.45) is 9.24. The second-order valence-corrected chi connectivity index (χ2v) is 8.52. The molecule has 3 heterocycles. The molecule has 0 bridgehead atoms. The highest BCUT2D eigenvalue weighted by Crippen LogP contribution is 2.28. The van der Waals surface area contributed by atoms with Crippen LogP contribution in [0.5, 0.6) is 0 Å². The van der Waals surface area contributed by atoms with Crippen LogP contribution in [0, 0.1) is 0 Å². The van der Waals surface area contributed by atoms with Gasteiger partial charge in [-0.1, -0.05) is 30.3 Å². The van der Waals surface area contributed by atoms with Gasteiger partial charge < -0.3 is 14.6 Å². The second kappa shape index (κ2) is 9.79. The first kappa shape index (κ1) is 21.7. The minimum Gasteiger partial charge on any atom is -0.472 e. The quantitative estimate of drug-likeness (QED) is 0.453. The molecule has 1 atom stereocenters. The molecular formula is C27H26N4O3. The normalized spacial score (nSPS) is 16.1. The molecule has 2 aromatic heterocycles. The Morgan fingerprint density at radius 2 is 1.76 bits per heavy atom. The zero-order valence-electron chi connectivity index (χ0n) is 18.8. The van der Waals surface area contributed by atoms with Gasteiger partial charge in [-0.05, 0) is 61.1 Å². The highest BCUT2D eigenvalue weighted by Gasteiger charge is 2.22. The molecule has 172 valence electrons. The number of carbonyl (C=O) groups is 2. The summed E-state index contributed by atoms with van der Waals surface area (Å²) in [5.41, 5.74) is 3.85. The van der Waals surface area contributed by atoms with E-state index >= 15 is 0 Å². The molecule has 7 nitrogen and oxygen atoms in total. The fourth-order valence-corrected chi connectivity index (χ4v) is 4.42. The van der Waals surface area contributed by atoms with E-state index in [2.05, 4.69) is 34.7 Å². The van der Waals surface area contributed by atoms with Gasteiger partial charge in [0.15, 0.2) is 0 Å². The third kappa shape index (κ3) is 4.78. The van der Waals surface area contributed by atoms with E-state index in [0.717, 1.165) is 38.0 Å². The van der Waals surface area contributed by atoms with Gasteiger partial charge in [0.1, 0.15) is 6.26 Å². The predicted molar refractivity (Wildman–Crippen MR) is 129 cm³/mol. The lowest BCUT2D eigenvalue weighted by molar-refractivity contribution is 0.0761. The Morgan fingerprint density at radius 1 is 0.941 bits per heavy atom. The predicted octanol–water partition coefficient (Wildman–Crippen LogP) is 5.13. The average molecular weight is 455 g/mol. The molecule has 0 radical (unpaired) electrons. The first-order valence-corrected chi connectivity index (χ1v) is 11.5. The molecule has 5 rings (SSSR count). The lowest BCUT2D eigenvalue weighted by Crippen LogP contribution is -2.31. The monoisotopic (exact) mass is 454 g/mol. The zero-order valence-corrected chi connectivity index (χ0v) is 18.8. The van der Waals surface area contributed by atoms with Crippen molar-refractivity contribution in [3.05, 3.63) is 102 Å². The molecule has 0 saturated carbocycles. The Hall–Kier alpha value is -4.13. The lowest BCUT2D eigenvalue weighted by atomic mass is 9.92. The highest BCUT2D eigenvalue weighted by atomic mass is 16.3. The molecule has 1 saturated heterocycles. The fraction of sp³-hybridized carbons (Fsp3) is 0.222. The van der Waals surface area contributed by atoms with E-state index < -0.39 is 0 Å². The van der Waals surface area contributed by atoms with Crippen LogP contribution in [-0.4, -0.2) is 39.6 Å². The number of benzene rings is 2. The summed E-state index contributed by atoms with van der Waals surface area (Å²) < 4.78 is 6.60. The Balaban J connectivity index is 1.21. The van der Waals surface area contributed by atoms with Gasteiger partial charge in [-0.25, -0.2) is 4.68 Å². The number of rotatable bonds is 5. The Kier molecular flexibility index (Phi) is 6.25. The van der Waals surface area contributed by atoms with Crippen LogP contribution in [0.3, 0.4) is 0 Å². The number of amides is 2. The number of hydrogen-bond donors (Lipinski definition) is 1. The Bertz CT molecular complexity index is 1250. The zero-order chi connectivity index (χ0) is 23.3. The summed E-state index contributed by atoms with van der Waals surface area (Å²) in [6, 6.07) is 19.6. The van der Waals surface area contributed by atoms with E-state index in [1.54, 1.807) is 23.1 Å². The topological polar surface area (TPSA) is 80.4 Å². The third-order valence-corrected chi connectivity index (χ3v) is 6.29. The van der Waals surface area contributed by atoms with Crippen molar-refractivity contribution in [2.24, 2.45) is 0 Å². The average Bonchev–Trinajstić information content (AvgIpc) is 3.52. The lowest BCUT2D eigenvalue weighted by Gasteiger charge is -2.21. The van der Waals surface area contributed by atoms with Crippen molar-refractivity contribution in [1.82, 2.24) is 14.7 Å². The number of carbonyl (C=O) groups excluding carboxylic acids is 2. The van der Waals surface area contributed by atoms with Crippen LogP contribution in [0.25, 0.3) is 5.69 Å². The van der Waals surface area contributed by atoms with Gasteiger partial charge in [-0.3, -0.25) is 9.59 Å². The van der Waals surface area contributed by atoms with E-state index in [4.69, 9.17) is 4.42 Å². The van der Waals surface area contributed by atoms with Crippen molar-refractivity contribution >= 4 is 17.5 Å². The van der Waals surface area contributed by atoms with Crippen molar-refractivity contribution in [1.29, 1.82) is 0 Å². The van der Waals surface area contributed by atoms with Crippen molar-refractivity contribution in [3.63, 3.8) is 0 Å². The molecule has 0 aliphatic carbocycles. The summed E-state index contributed by atoms with van der Waals surface area (Å²) in [5, 5.41) is 7.10. The standard InChI is InChI=1S/C27H26N4O3/c32-26(23-13-16-34-19-23)29-24-17-28-31(18-24)25-10-8-22(9-11-25)27(33)30-14-4-7-21(12-15-30)20-5-2-1-3-6-20/h1-3,5-6,8-11,13,16-19,21H,4,7,12,14-15H2,(H,29,32). The molecule has 34 heavy (non-hydrogen) atoms. The number of furan rings is 1. The summed E-state index contributed by atoms with van der Waals surface area (Å²) in [6.45, 7) is 1.54. The van der Waals surface area contributed by atoms with Crippen LogP contribution in [-0.2, 0) is 0 Å². The second-order valence-electron chi connectivity index (χ2n) is 8.52. The minimum atomic E-state index is -0.263. The smallest absolute Gasteiger partial charge is 0.259 e. The van der Waals surface area contributed by atoms with Crippen LogP contribution in [0.2, 0.25) is 0 Å². The van der Waals surface area contributed by atoms with Crippen LogP contribution in [0.1, 0.15) is 51.5 Å². The van der Waals surface area contributed by atoms with Crippen LogP contribution < -0.4 is 5.32 Å². The largest absolute Gasteiger partial charge is 0.472 e. The molecule has 1 aliphatic heterocycles. The molecule has 2 aromatic carbocycles. The van der Waals surface area contributed by atoms with E-state index in [1.807, 2.05) is 35.2 Å². The molecule has 1 fully saturated rings. The van der Waals surface area contributed by atoms with E-state index in [0.29, 0.717) is 22.7 Å². The summed E-state index contributed by atoms with van der Waals surface area (Å²) in [5.74, 6) is 0.305. The maximum absolute atomic E-state index is 13.1. The van der Waals surface area contributed by atoms with Crippen molar-refractivity contribution in [2.45, 2.75) is 25.2 Å². The van der Waals surface area contributed by atoms with E-state index in [-0.39, 0.29) is 11.8 Å². The summed E-state index contributed by atoms with van der Waals surface area (Å²) in [7, 11) is 0. The number of nitrogens with one attached hydrogen (secondary N) is 1. The first-order chi connectivity index (χ1) is 16.7. The van der Waals surface area contributed by atoms with Gasteiger partial charge in [0, 0.05) is 18.7 Å². The summed E-state index contributed by atoms with van der Waals surface area (Å²) in [4.78, 5) is 27.3. The van der Waals surface area contributed by atoms with Crippen molar-refractivity contribution < 1.29 is 14.0 Å². The molecule has 2 amide bonds. The van der Waals surface area contributed by atoms with Gasteiger partial charge in [0.2, 0.25) is 0 Å². The number of likely N-dealkylation sites (tertiary alicyclic amines) is 1. The molecule has 1 N–H and O–H groups in total. The van der Waals surface area contributed by atoms with Crippen molar-refractivity contribution in [2.75, 3.05) is 18.4 Å². The molecule has 4 aromatic rings. The first-order valence-electron chi connectivity index (χ1n) is 11.5. The number of nitrogens with zero attached hydrogens (tertiary/aromatic N) is 3. The minimum absolute atomic E-state index is 0.0637. The van der Waals surface area contributed by atoms with Gasteiger partial charge in [0.25, 0.3) is 11.8 Å². The van der Waals surface area contributed by atoms with E-state index in [1.165, 1.54) is 18.1 Å². The Labute approximate surface area is 198 Å². The van der Waals surface area contributed by atoms with Crippen LogP contribution in [0.4, 0.5) is 5.69 Å². The molecule has 7 heteroatoms. The number of anilines is 1. The van der Waals surface area contributed by atoms with Gasteiger partial charge >= 0.3 is 0 Å². The maximum atomic E-state index is 13.1. The Morgan fingerprint density at radius 3 is 2.53 bits per heavy atom. The van der Waals surface area contributed by atoms with Gasteiger partial charge in [-0.2, -0.15) is 5.10 Å². The number of hydrogen-bond acceptors (Lipinski definition) is 4. The van der Waals surface area contributed by atoms with Crippen LogP contribution >= 0.6 is 0 Å².